The van der Waals surface area contributed by atoms with Crippen molar-refractivity contribution in [2.45, 2.75) is 13.5 Å². The third-order valence-electron chi connectivity index (χ3n) is 2.58. The van der Waals surface area contributed by atoms with Crippen LogP contribution in [0.3, 0.4) is 0 Å². The maximum atomic E-state index is 14.0. The molecule has 0 fully saturated rings. The fourth-order valence-corrected chi connectivity index (χ4v) is 2.75. The van der Waals surface area contributed by atoms with Gasteiger partial charge in [0.25, 0.3) is 0 Å². The van der Waals surface area contributed by atoms with E-state index in [2.05, 4.69) is 31.9 Å². The Kier molecular flexibility index (Phi) is 4.40. The molecule has 1 nitrogen and oxygen atoms in total. The molecule has 18 heavy (non-hydrogen) atoms. The minimum absolute atomic E-state index is 0.250. The van der Waals surface area contributed by atoms with E-state index in [0.717, 1.165) is 10.0 Å². The van der Waals surface area contributed by atoms with Gasteiger partial charge in [0.2, 0.25) is 0 Å². The van der Waals surface area contributed by atoms with Crippen LogP contribution in [0.5, 0.6) is 5.75 Å². The standard InChI is InChI=1S/C14H11Br2FO/c1-9-11(15)7-12(16)14(13(9)17)18-8-10-5-3-2-4-6-10/h2-7H,8H2,1H3. The van der Waals surface area contributed by atoms with Crippen molar-refractivity contribution in [3.8, 4) is 5.75 Å². The van der Waals surface area contributed by atoms with Crippen molar-refractivity contribution in [3.05, 3.63) is 62.3 Å². The average molecular weight is 374 g/mol. The average Bonchev–Trinajstić information content (AvgIpc) is 2.37. The van der Waals surface area contributed by atoms with E-state index in [1.807, 2.05) is 30.3 Å². The van der Waals surface area contributed by atoms with E-state index in [1.54, 1.807) is 13.0 Å². The van der Waals surface area contributed by atoms with Crippen LogP contribution in [0, 0.1) is 12.7 Å². The zero-order chi connectivity index (χ0) is 13.1. The summed E-state index contributed by atoms with van der Waals surface area (Å²) in [4.78, 5) is 0. The molecule has 0 aliphatic rings. The first-order valence-electron chi connectivity index (χ1n) is 5.40. The van der Waals surface area contributed by atoms with Gasteiger partial charge in [-0.25, -0.2) is 4.39 Å². The summed E-state index contributed by atoms with van der Waals surface area (Å²) < 4.78 is 20.9. The van der Waals surface area contributed by atoms with Crippen molar-refractivity contribution in [2.24, 2.45) is 0 Å². The Morgan fingerprint density at radius 3 is 2.44 bits per heavy atom. The minimum atomic E-state index is -0.341. The van der Waals surface area contributed by atoms with Crippen LogP contribution < -0.4 is 4.74 Å². The second kappa shape index (κ2) is 5.85. The lowest BCUT2D eigenvalue weighted by atomic mass is 10.2. The van der Waals surface area contributed by atoms with Gasteiger partial charge in [-0.2, -0.15) is 0 Å². The molecular formula is C14H11Br2FO. The maximum absolute atomic E-state index is 14.0. The zero-order valence-electron chi connectivity index (χ0n) is 9.71. The number of benzene rings is 2. The third kappa shape index (κ3) is 2.93. The second-order valence-electron chi connectivity index (χ2n) is 3.88. The Morgan fingerprint density at radius 2 is 1.78 bits per heavy atom. The van der Waals surface area contributed by atoms with E-state index in [4.69, 9.17) is 4.74 Å². The lowest BCUT2D eigenvalue weighted by molar-refractivity contribution is 0.287. The summed E-state index contributed by atoms with van der Waals surface area (Å²) in [6.07, 6.45) is 0. The fourth-order valence-electron chi connectivity index (χ4n) is 1.53. The van der Waals surface area contributed by atoms with Crippen LogP contribution in [0.25, 0.3) is 0 Å². The predicted octanol–water partition coefficient (Wildman–Crippen LogP) is 5.24. The van der Waals surface area contributed by atoms with Gasteiger partial charge >= 0.3 is 0 Å². The molecule has 0 radical (unpaired) electrons. The summed E-state index contributed by atoms with van der Waals surface area (Å²) in [5, 5.41) is 0. The highest BCUT2D eigenvalue weighted by Crippen LogP contribution is 2.35. The highest BCUT2D eigenvalue weighted by Gasteiger charge is 2.14. The molecule has 4 heteroatoms. The minimum Gasteiger partial charge on any atom is -0.485 e. The van der Waals surface area contributed by atoms with Gasteiger partial charge in [-0.05, 0) is 34.5 Å². The van der Waals surface area contributed by atoms with Gasteiger partial charge < -0.3 is 4.74 Å². The molecule has 0 aromatic heterocycles. The Morgan fingerprint density at radius 1 is 1.11 bits per heavy atom. The number of rotatable bonds is 3. The van der Waals surface area contributed by atoms with Gasteiger partial charge in [0.05, 0.1) is 4.47 Å². The molecule has 0 saturated carbocycles. The summed E-state index contributed by atoms with van der Waals surface area (Å²) in [6.45, 7) is 2.05. The van der Waals surface area contributed by atoms with E-state index in [-0.39, 0.29) is 11.6 Å². The van der Waals surface area contributed by atoms with E-state index in [1.165, 1.54) is 0 Å². The van der Waals surface area contributed by atoms with Gasteiger partial charge in [-0.1, -0.05) is 46.3 Å². The third-order valence-corrected chi connectivity index (χ3v) is 4.00. The summed E-state index contributed by atoms with van der Waals surface area (Å²) in [6, 6.07) is 11.5. The number of hydrogen-bond donors (Lipinski definition) is 0. The topological polar surface area (TPSA) is 9.23 Å². The van der Waals surface area contributed by atoms with Crippen LogP contribution >= 0.6 is 31.9 Å². The maximum Gasteiger partial charge on any atom is 0.170 e. The molecular weight excluding hydrogens is 363 g/mol. The van der Waals surface area contributed by atoms with E-state index in [9.17, 15) is 4.39 Å². The molecule has 2 aromatic rings. The molecule has 0 bridgehead atoms. The lowest BCUT2D eigenvalue weighted by Gasteiger charge is -2.12. The zero-order valence-corrected chi connectivity index (χ0v) is 12.9. The molecule has 0 saturated heterocycles. The van der Waals surface area contributed by atoms with Crippen LogP contribution in [0.2, 0.25) is 0 Å². The van der Waals surface area contributed by atoms with Crippen molar-refractivity contribution in [1.29, 1.82) is 0 Å². The molecule has 2 aromatic carbocycles. The van der Waals surface area contributed by atoms with Crippen molar-refractivity contribution in [3.63, 3.8) is 0 Å². The summed E-state index contributed by atoms with van der Waals surface area (Å²) in [5.41, 5.74) is 1.55. The molecule has 0 unspecified atom stereocenters. The number of hydrogen-bond acceptors (Lipinski definition) is 1. The van der Waals surface area contributed by atoms with Gasteiger partial charge in [0.15, 0.2) is 11.6 Å². The van der Waals surface area contributed by atoms with E-state index in [0.29, 0.717) is 16.6 Å². The van der Waals surface area contributed by atoms with E-state index >= 15 is 0 Å². The molecule has 94 valence electrons. The molecule has 0 aliphatic heterocycles. The van der Waals surface area contributed by atoms with Crippen molar-refractivity contribution in [2.75, 3.05) is 0 Å². The molecule has 0 spiro atoms. The molecule has 0 aliphatic carbocycles. The van der Waals surface area contributed by atoms with Gasteiger partial charge in [0, 0.05) is 10.0 Å². The molecule has 0 heterocycles. The lowest BCUT2D eigenvalue weighted by Crippen LogP contribution is -2.00. The van der Waals surface area contributed by atoms with Crippen LogP contribution in [-0.4, -0.2) is 0 Å². The predicted molar refractivity (Wildman–Crippen MR) is 77.3 cm³/mol. The Hall–Kier alpha value is -0.870. The van der Waals surface area contributed by atoms with Gasteiger partial charge in [0.1, 0.15) is 6.61 Å². The SMILES string of the molecule is Cc1c(Br)cc(Br)c(OCc2ccccc2)c1F. The Balaban J connectivity index is 2.22. The first-order chi connectivity index (χ1) is 8.59. The molecule has 2 rings (SSSR count). The summed E-state index contributed by atoms with van der Waals surface area (Å²) in [5.74, 6) is -0.0910. The number of ether oxygens (including phenoxy) is 1. The highest BCUT2D eigenvalue weighted by molar-refractivity contribution is 9.11. The normalized spacial score (nSPS) is 10.4. The van der Waals surface area contributed by atoms with Crippen LogP contribution in [-0.2, 0) is 6.61 Å². The first-order valence-corrected chi connectivity index (χ1v) is 6.99. The van der Waals surface area contributed by atoms with Crippen LogP contribution in [0.4, 0.5) is 4.39 Å². The highest BCUT2D eigenvalue weighted by atomic mass is 79.9. The number of halogens is 3. The Bertz CT molecular complexity index is 555. The smallest absolute Gasteiger partial charge is 0.170 e. The Labute approximate surface area is 122 Å². The van der Waals surface area contributed by atoms with Gasteiger partial charge in [-0.15, -0.1) is 0 Å². The largest absolute Gasteiger partial charge is 0.485 e. The monoisotopic (exact) mass is 372 g/mol. The summed E-state index contributed by atoms with van der Waals surface area (Å²) >= 11 is 6.61. The van der Waals surface area contributed by atoms with Crippen LogP contribution in [0.15, 0.2) is 45.3 Å². The van der Waals surface area contributed by atoms with Crippen molar-refractivity contribution in [1.82, 2.24) is 0 Å². The molecule has 0 amide bonds. The van der Waals surface area contributed by atoms with Crippen molar-refractivity contribution < 1.29 is 9.13 Å². The van der Waals surface area contributed by atoms with Crippen LogP contribution in [0.1, 0.15) is 11.1 Å². The second-order valence-corrected chi connectivity index (χ2v) is 5.59. The molecule has 0 N–H and O–H groups in total. The van der Waals surface area contributed by atoms with E-state index < -0.39 is 0 Å². The quantitative estimate of drug-likeness (QED) is 0.714. The van der Waals surface area contributed by atoms with Crippen molar-refractivity contribution >= 4 is 31.9 Å². The summed E-state index contributed by atoms with van der Waals surface area (Å²) in [7, 11) is 0. The van der Waals surface area contributed by atoms with Gasteiger partial charge in [-0.3, -0.25) is 0 Å². The fraction of sp³-hybridized carbons (Fsp3) is 0.143. The molecule has 0 atom stereocenters. The first kappa shape index (κ1) is 13.6.